The summed E-state index contributed by atoms with van der Waals surface area (Å²) in [6.07, 6.45) is 5.48. The first-order chi connectivity index (χ1) is 16.7. The number of aryl methyl sites for hydroxylation is 1. The summed E-state index contributed by atoms with van der Waals surface area (Å²) in [6, 6.07) is 3.44. The van der Waals surface area contributed by atoms with Crippen molar-refractivity contribution >= 4 is 12.1 Å². The van der Waals surface area contributed by atoms with Gasteiger partial charge in [0.25, 0.3) is 5.95 Å². The molecular weight excluding hydrogens is 455 g/mol. The molecular formula is C25H33FN4O5. The molecule has 10 heteroatoms. The van der Waals surface area contributed by atoms with E-state index in [2.05, 4.69) is 10.1 Å². The van der Waals surface area contributed by atoms with E-state index in [0.29, 0.717) is 23.4 Å². The molecule has 0 spiro atoms. The average Bonchev–Trinajstić information content (AvgIpc) is 3.61. The molecule has 2 aliphatic carbocycles. The molecule has 2 atom stereocenters. The number of aromatic nitrogens is 3. The van der Waals surface area contributed by atoms with E-state index < -0.39 is 12.0 Å². The molecule has 0 aromatic carbocycles. The maximum absolute atomic E-state index is 14.9. The number of carbonyl (C=O) groups is 2. The first-order valence-corrected chi connectivity index (χ1v) is 12.2. The van der Waals surface area contributed by atoms with Crippen molar-refractivity contribution in [3.63, 3.8) is 0 Å². The lowest BCUT2D eigenvalue weighted by Crippen LogP contribution is -2.32. The molecule has 0 unspecified atom stereocenters. The van der Waals surface area contributed by atoms with Crippen LogP contribution in [0.15, 0.2) is 18.3 Å². The second kappa shape index (κ2) is 10.6. The summed E-state index contributed by atoms with van der Waals surface area (Å²) in [5, 5.41) is 4.23. The van der Waals surface area contributed by atoms with Crippen LogP contribution in [-0.2, 0) is 27.9 Å². The normalized spacial score (nSPS) is 19.9. The summed E-state index contributed by atoms with van der Waals surface area (Å²) >= 11 is 0. The van der Waals surface area contributed by atoms with Crippen molar-refractivity contribution in [3.8, 4) is 17.0 Å². The third-order valence-corrected chi connectivity index (χ3v) is 6.47. The predicted molar refractivity (Wildman–Crippen MR) is 125 cm³/mol. The van der Waals surface area contributed by atoms with Crippen LogP contribution in [0.5, 0.6) is 5.75 Å². The Bertz CT molecular complexity index is 1070. The van der Waals surface area contributed by atoms with Crippen molar-refractivity contribution in [1.82, 2.24) is 19.7 Å². The van der Waals surface area contributed by atoms with Gasteiger partial charge in [-0.05, 0) is 64.5 Å². The van der Waals surface area contributed by atoms with Gasteiger partial charge in [-0.1, -0.05) is 0 Å². The van der Waals surface area contributed by atoms with Gasteiger partial charge in [0.2, 0.25) is 0 Å². The lowest BCUT2D eigenvalue weighted by atomic mass is 9.87. The Labute approximate surface area is 204 Å². The third-order valence-electron chi connectivity index (χ3n) is 6.47. The first-order valence-electron chi connectivity index (χ1n) is 12.2. The summed E-state index contributed by atoms with van der Waals surface area (Å²) in [6.45, 7) is 3.64. The molecule has 2 fully saturated rings. The number of rotatable bonds is 8. The van der Waals surface area contributed by atoms with Crippen LogP contribution in [0.3, 0.4) is 0 Å². The summed E-state index contributed by atoms with van der Waals surface area (Å²) in [4.78, 5) is 30.2. The molecule has 4 rings (SSSR count). The van der Waals surface area contributed by atoms with Gasteiger partial charge >= 0.3 is 12.1 Å². The molecule has 0 N–H and O–H groups in total. The summed E-state index contributed by atoms with van der Waals surface area (Å²) < 4.78 is 33.2. The minimum atomic E-state index is -0.741. The van der Waals surface area contributed by atoms with Gasteiger partial charge in [0.15, 0.2) is 5.75 Å². The van der Waals surface area contributed by atoms with E-state index in [4.69, 9.17) is 14.2 Å². The second-order valence-corrected chi connectivity index (χ2v) is 9.60. The van der Waals surface area contributed by atoms with Crippen molar-refractivity contribution in [1.29, 1.82) is 0 Å². The van der Waals surface area contributed by atoms with E-state index in [-0.39, 0.29) is 42.5 Å². The number of halogens is 1. The second-order valence-electron chi connectivity index (χ2n) is 9.60. The Morgan fingerprint density at radius 3 is 2.69 bits per heavy atom. The number of nitrogens with zero attached hydrogens (tertiary/aromatic N) is 4. The molecule has 2 heterocycles. The van der Waals surface area contributed by atoms with Crippen LogP contribution < -0.4 is 4.74 Å². The van der Waals surface area contributed by atoms with E-state index in [1.54, 1.807) is 35.9 Å². The zero-order chi connectivity index (χ0) is 25.1. The highest BCUT2D eigenvalue weighted by Crippen LogP contribution is 2.32. The molecule has 0 bridgehead atoms. The van der Waals surface area contributed by atoms with Crippen molar-refractivity contribution in [2.24, 2.45) is 13.0 Å². The molecule has 2 aromatic rings. The fraction of sp³-hybridized carbons (Fsp3) is 0.600. The van der Waals surface area contributed by atoms with Gasteiger partial charge in [0.05, 0.1) is 35.7 Å². The largest absolute Gasteiger partial charge is 0.486 e. The SMILES string of the molecule is CC(C)OC(=O)[C@H]1CCC[C@H](Oc2ccc(-c3cnn(C)c3COC(=O)N(C)C3CC3)nc2F)C1. The number of carbonyl (C=O) groups excluding carboxylic acids is 2. The maximum atomic E-state index is 14.9. The zero-order valence-corrected chi connectivity index (χ0v) is 20.7. The zero-order valence-electron chi connectivity index (χ0n) is 20.7. The van der Waals surface area contributed by atoms with Crippen molar-refractivity contribution in [2.45, 2.75) is 77.2 Å². The van der Waals surface area contributed by atoms with Gasteiger partial charge in [0.1, 0.15) is 6.61 Å². The van der Waals surface area contributed by atoms with Crippen LogP contribution in [-0.4, -0.2) is 57.0 Å². The number of hydrogen-bond acceptors (Lipinski definition) is 7. The number of esters is 1. The number of amides is 1. The van der Waals surface area contributed by atoms with E-state index in [1.807, 2.05) is 13.8 Å². The molecule has 1 amide bonds. The quantitative estimate of drug-likeness (QED) is 0.405. The topological polar surface area (TPSA) is 95.8 Å². The molecule has 35 heavy (non-hydrogen) atoms. The Morgan fingerprint density at radius 1 is 1.23 bits per heavy atom. The van der Waals surface area contributed by atoms with Gasteiger partial charge in [0, 0.05) is 25.7 Å². The Morgan fingerprint density at radius 2 is 2.00 bits per heavy atom. The third kappa shape index (κ3) is 6.10. The van der Waals surface area contributed by atoms with Crippen molar-refractivity contribution < 1.29 is 28.2 Å². The smallest absolute Gasteiger partial charge is 0.410 e. The van der Waals surface area contributed by atoms with Crippen LogP contribution in [0.4, 0.5) is 9.18 Å². The van der Waals surface area contributed by atoms with Gasteiger partial charge in [-0.2, -0.15) is 9.49 Å². The summed E-state index contributed by atoms with van der Waals surface area (Å²) in [5.41, 5.74) is 1.56. The molecule has 190 valence electrons. The highest BCUT2D eigenvalue weighted by atomic mass is 19.1. The minimum Gasteiger partial charge on any atom is -0.486 e. The molecule has 2 aromatic heterocycles. The first kappa shape index (κ1) is 24.9. The fourth-order valence-electron chi connectivity index (χ4n) is 4.32. The fourth-order valence-corrected chi connectivity index (χ4v) is 4.32. The lowest BCUT2D eigenvalue weighted by Gasteiger charge is -2.28. The Hall–Kier alpha value is -3.17. The number of hydrogen-bond donors (Lipinski definition) is 0. The molecule has 2 aliphatic rings. The van der Waals surface area contributed by atoms with E-state index in [1.165, 1.54) is 6.07 Å². The highest BCUT2D eigenvalue weighted by Gasteiger charge is 2.32. The molecule has 0 aliphatic heterocycles. The van der Waals surface area contributed by atoms with Gasteiger partial charge in [-0.3, -0.25) is 9.48 Å². The lowest BCUT2D eigenvalue weighted by molar-refractivity contribution is -0.154. The predicted octanol–water partition coefficient (Wildman–Crippen LogP) is 4.24. The van der Waals surface area contributed by atoms with Crippen LogP contribution in [0.25, 0.3) is 11.3 Å². The Kier molecular flexibility index (Phi) is 7.57. The minimum absolute atomic E-state index is 0.000777. The average molecular weight is 489 g/mol. The van der Waals surface area contributed by atoms with Gasteiger partial charge in [-0.25, -0.2) is 9.78 Å². The van der Waals surface area contributed by atoms with Crippen LogP contribution in [0, 0.1) is 11.9 Å². The standard InChI is InChI=1S/C25H33FN4O5/c1-15(2)34-24(31)16-6-5-7-18(12-16)35-22-11-10-20(28-23(22)26)19-13-27-30(4)21(19)14-33-25(32)29(3)17-8-9-17/h10-11,13,15-18H,5-9,12,14H2,1-4H3/t16-,18-/m0/s1. The van der Waals surface area contributed by atoms with Crippen molar-refractivity contribution in [3.05, 3.63) is 30.0 Å². The number of ether oxygens (including phenoxy) is 3. The Balaban J connectivity index is 1.41. The van der Waals surface area contributed by atoms with E-state index in [0.717, 1.165) is 32.1 Å². The van der Waals surface area contributed by atoms with E-state index in [9.17, 15) is 14.0 Å². The highest BCUT2D eigenvalue weighted by molar-refractivity contribution is 5.72. The van der Waals surface area contributed by atoms with Gasteiger partial charge in [-0.15, -0.1) is 0 Å². The van der Waals surface area contributed by atoms with Crippen LogP contribution in [0.2, 0.25) is 0 Å². The van der Waals surface area contributed by atoms with Gasteiger partial charge < -0.3 is 19.1 Å². The molecule has 2 saturated carbocycles. The number of pyridine rings is 1. The summed E-state index contributed by atoms with van der Waals surface area (Å²) in [5.74, 6) is -1.17. The molecule has 0 saturated heterocycles. The van der Waals surface area contributed by atoms with Crippen molar-refractivity contribution in [2.75, 3.05) is 7.05 Å². The maximum Gasteiger partial charge on any atom is 0.410 e. The summed E-state index contributed by atoms with van der Waals surface area (Å²) in [7, 11) is 3.45. The van der Waals surface area contributed by atoms with Crippen LogP contribution in [0.1, 0.15) is 58.1 Å². The molecule has 9 nitrogen and oxygen atoms in total. The monoisotopic (exact) mass is 488 g/mol. The van der Waals surface area contributed by atoms with Crippen LogP contribution >= 0.6 is 0 Å². The molecule has 0 radical (unpaired) electrons. The van der Waals surface area contributed by atoms with E-state index >= 15 is 0 Å².